The summed E-state index contributed by atoms with van der Waals surface area (Å²) in [5.74, 6) is -0.624. The lowest BCUT2D eigenvalue weighted by atomic mass is 9.99. The Morgan fingerprint density at radius 1 is 1.30 bits per heavy atom. The van der Waals surface area contributed by atoms with Gasteiger partial charge < -0.3 is 10.1 Å². The van der Waals surface area contributed by atoms with Crippen molar-refractivity contribution >= 4 is 0 Å². The number of benzene rings is 1. The fourth-order valence-corrected chi connectivity index (χ4v) is 2.03. The van der Waals surface area contributed by atoms with Crippen LogP contribution in [0.4, 0.5) is 17.6 Å². The Morgan fingerprint density at radius 3 is 2.55 bits per heavy atom. The van der Waals surface area contributed by atoms with Crippen LogP contribution >= 0.6 is 0 Å². The van der Waals surface area contributed by atoms with Crippen LogP contribution in [0.3, 0.4) is 0 Å². The van der Waals surface area contributed by atoms with Gasteiger partial charge in [0.1, 0.15) is 5.82 Å². The second-order valence-electron chi connectivity index (χ2n) is 4.48. The van der Waals surface area contributed by atoms with E-state index in [9.17, 15) is 17.6 Å². The van der Waals surface area contributed by atoms with Crippen LogP contribution in [-0.4, -0.2) is 20.3 Å². The maximum atomic E-state index is 13.8. The minimum absolute atomic E-state index is 0.0535. The molecule has 0 aliphatic rings. The first-order valence-corrected chi connectivity index (χ1v) is 6.49. The number of hydrogen-bond donors (Lipinski definition) is 1. The predicted molar refractivity (Wildman–Crippen MR) is 68.9 cm³/mol. The Labute approximate surface area is 116 Å². The van der Waals surface area contributed by atoms with E-state index in [4.69, 9.17) is 4.74 Å². The van der Waals surface area contributed by atoms with Crippen molar-refractivity contribution in [2.24, 2.45) is 0 Å². The third kappa shape index (κ3) is 4.76. The molecule has 0 spiro atoms. The summed E-state index contributed by atoms with van der Waals surface area (Å²) < 4.78 is 56.8. The zero-order chi connectivity index (χ0) is 15.2. The van der Waals surface area contributed by atoms with Gasteiger partial charge in [0, 0.05) is 25.3 Å². The van der Waals surface area contributed by atoms with Crippen LogP contribution in [0, 0.1) is 5.82 Å². The van der Waals surface area contributed by atoms with Gasteiger partial charge in [0.15, 0.2) is 0 Å². The van der Waals surface area contributed by atoms with E-state index < -0.39 is 23.6 Å². The van der Waals surface area contributed by atoms with Gasteiger partial charge in [-0.1, -0.05) is 6.92 Å². The minimum Gasteiger partial charge on any atom is -0.385 e. The van der Waals surface area contributed by atoms with E-state index >= 15 is 0 Å². The van der Waals surface area contributed by atoms with Gasteiger partial charge >= 0.3 is 6.18 Å². The summed E-state index contributed by atoms with van der Waals surface area (Å²) in [6.07, 6.45) is -3.31. The molecule has 1 N–H and O–H groups in total. The molecule has 114 valence electrons. The molecular weight excluding hydrogens is 274 g/mol. The summed E-state index contributed by atoms with van der Waals surface area (Å²) in [6, 6.07) is 2.07. The smallest absolute Gasteiger partial charge is 0.385 e. The van der Waals surface area contributed by atoms with Gasteiger partial charge in [-0.2, -0.15) is 13.2 Å². The quantitative estimate of drug-likeness (QED) is 0.607. The highest BCUT2D eigenvalue weighted by Crippen LogP contribution is 2.32. The second-order valence-corrected chi connectivity index (χ2v) is 4.48. The van der Waals surface area contributed by atoms with Crippen molar-refractivity contribution in [1.82, 2.24) is 5.32 Å². The zero-order valence-corrected chi connectivity index (χ0v) is 11.6. The topological polar surface area (TPSA) is 21.3 Å². The molecule has 0 heterocycles. The van der Waals surface area contributed by atoms with Gasteiger partial charge in [-0.3, -0.25) is 0 Å². The van der Waals surface area contributed by atoms with E-state index in [1.165, 1.54) is 0 Å². The molecule has 0 aliphatic heterocycles. The standard InChI is InChI=1S/C14H19F4NO/c1-3-19-13(5-4-8-20-2)11-9-10(14(16,17)18)6-7-12(11)15/h6-7,9,13,19H,3-5,8H2,1-2H3. The monoisotopic (exact) mass is 293 g/mol. The number of hydrogen-bond acceptors (Lipinski definition) is 2. The number of methoxy groups -OCH3 is 1. The molecule has 1 aromatic rings. The minimum atomic E-state index is -4.47. The van der Waals surface area contributed by atoms with Gasteiger partial charge in [-0.25, -0.2) is 4.39 Å². The molecule has 2 nitrogen and oxygen atoms in total. The Bertz CT molecular complexity index is 420. The molecule has 6 heteroatoms. The molecule has 1 rings (SSSR count). The van der Waals surface area contributed by atoms with Crippen molar-refractivity contribution in [2.45, 2.75) is 32.0 Å². The molecule has 1 unspecified atom stereocenters. The van der Waals surface area contributed by atoms with Crippen molar-refractivity contribution in [3.8, 4) is 0 Å². The van der Waals surface area contributed by atoms with E-state index in [1.807, 2.05) is 6.92 Å². The first kappa shape index (κ1) is 16.9. The number of nitrogens with one attached hydrogen (secondary N) is 1. The summed E-state index contributed by atoms with van der Waals surface area (Å²) in [7, 11) is 1.55. The van der Waals surface area contributed by atoms with E-state index in [0.717, 1.165) is 18.2 Å². The van der Waals surface area contributed by atoms with Crippen molar-refractivity contribution in [1.29, 1.82) is 0 Å². The van der Waals surface area contributed by atoms with E-state index in [1.54, 1.807) is 7.11 Å². The predicted octanol–water partition coefficient (Wildman–Crippen LogP) is 3.92. The van der Waals surface area contributed by atoms with Crippen LogP contribution < -0.4 is 5.32 Å². The lowest BCUT2D eigenvalue weighted by Crippen LogP contribution is -2.23. The molecule has 0 radical (unpaired) electrons. The molecule has 1 aromatic carbocycles. The van der Waals surface area contributed by atoms with Crippen LogP contribution in [0.2, 0.25) is 0 Å². The van der Waals surface area contributed by atoms with Crippen LogP contribution in [0.5, 0.6) is 0 Å². The molecule has 0 saturated heterocycles. The lowest BCUT2D eigenvalue weighted by Gasteiger charge is -2.20. The maximum Gasteiger partial charge on any atom is 0.416 e. The molecule has 0 aliphatic carbocycles. The van der Waals surface area contributed by atoms with Crippen molar-refractivity contribution in [2.75, 3.05) is 20.3 Å². The normalized spacial score (nSPS) is 13.5. The number of alkyl halides is 3. The van der Waals surface area contributed by atoms with Gasteiger partial charge in [-0.15, -0.1) is 0 Å². The maximum absolute atomic E-state index is 13.8. The van der Waals surface area contributed by atoms with E-state index in [-0.39, 0.29) is 5.56 Å². The molecular formula is C14H19F4NO. The van der Waals surface area contributed by atoms with Crippen LogP contribution in [0.1, 0.15) is 36.9 Å². The van der Waals surface area contributed by atoms with Crippen molar-refractivity contribution in [3.63, 3.8) is 0 Å². The fraction of sp³-hybridized carbons (Fsp3) is 0.571. The van der Waals surface area contributed by atoms with E-state index in [0.29, 0.717) is 26.0 Å². The molecule has 0 fully saturated rings. The Kier molecular flexibility index (Phi) is 6.42. The third-order valence-corrected chi connectivity index (χ3v) is 2.99. The zero-order valence-electron chi connectivity index (χ0n) is 11.6. The first-order chi connectivity index (χ1) is 9.40. The highest BCUT2D eigenvalue weighted by Gasteiger charge is 2.31. The Hall–Kier alpha value is -1.14. The average molecular weight is 293 g/mol. The van der Waals surface area contributed by atoms with Crippen LogP contribution in [0.25, 0.3) is 0 Å². The number of halogens is 4. The summed E-state index contributed by atoms with van der Waals surface area (Å²) in [5, 5.41) is 3.01. The molecule has 20 heavy (non-hydrogen) atoms. The Balaban J connectivity index is 2.99. The van der Waals surface area contributed by atoms with Gasteiger partial charge in [0.2, 0.25) is 0 Å². The van der Waals surface area contributed by atoms with Gasteiger partial charge in [0.25, 0.3) is 0 Å². The second kappa shape index (κ2) is 7.59. The highest BCUT2D eigenvalue weighted by atomic mass is 19.4. The van der Waals surface area contributed by atoms with Crippen molar-refractivity contribution < 1.29 is 22.3 Å². The lowest BCUT2D eigenvalue weighted by molar-refractivity contribution is -0.137. The fourth-order valence-electron chi connectivity index (χ4n) is 2.03. The molecule has 0 bridgehead atoms. The summed E-state index contributed by atoms with van der Waals surface area (Å²) in [5.41, 5.74) is -0.777. The molecule has 1 atom stereocenters. The highest BCUT2D eigenvalue weighted by molar-refractivity contribution is 5.29. The summed E-state index contributed by atoms with van der Waals surface area (Å²) >= 11 is 0. The average Bonchev–Trinajstić information content (AvgIpc) is 2.37. The van der Waals surface area contributed by atoms with E-state index in [2.05, 4.69) is 5.32 Å². The summed E-state index contributed by atoms with van der Waals surface area (Å²) in [4.78, 5) is 0. The molecule has 0 aromatic heterocycles. The molecule has 0 saturated carbocycles. The van der Waals surface area contributed by atoms with Crippen LogP contribution in [0.15, 0.2) is 18.2 Å². The number of ether oxygens (including phenoxy) is 1. The molecule has 0 amide bonds. The third-order valence-electron chi connectivity index (χ3n) is 2.99. The van der Waals surface area contributed by atoms with Crippen molar-refractivity contribution in [3.05, 3.63) is 35.1 Å². The Morgan fingerprint density at radius 2 is 2.00 bits per heavy atom. The SMILES string of the molecule is CCNC(CCCOC)c1cc(C(F)(F)F)ccc1F. The van der Waals surface area contributed by atoms with Gasteiger partial charge in [-0.05, 0) is 37.6 Å². The van der Waals surface area contributed by atoms with Gasteiger partial charge in [0.05, 0.1) is 5.56 Å². The number of rotatable bonds is 7. The summed E-state index contributed by atoms with van der Waals surface area (Å²) in [6.45, 7) is 2.87. The first-order valence-electron chi connectivity index (χ1n) is 6.49. The largest absolute Gasteiger partial charge is 0.416 e. The van der Waals surface area contributed by atoms with Crippen LogP contribution in [-0.2, 0) is 10.9 Å².